The summed E-state index contributed by atoms with van der Waals surface area (Å²) < 4.78 is 44.7. The van der Waals surface area contributed by atoms with Gasteiger partial charge < -0.3 is 15.4 Å². The minimum atomic E-state index is -1.31. The summed E-state index contributed by atoms with van der Waals surface area (Å²) in [6.45, 7) is 2.36. The van der Waals surface area contributed by atoms with Crippen molar-refractivity contribution in [1.82, 2.24) is 15.0 Å². The van der Waals surface area contributed by atoms with Gasteiger partial charge in [-0.3, -0.25) is 0 Å². The number of hydrogen-bond acceptors (Lipinski definition) is 6. The third kappa shape index (κ3) is 3.50. The highest BCUT2D eigenvalue weighted by molar-refractivity contribution is 5.55. The van der Waals surface area contributed by atoms with Crippen molar-refractivity contribution in [3.8, 4) is 6.01 Å². The summed E-state index contributed by atoms with van der Waals surface area (Å²) in [5.41, 5.74) is -0.428. The topological polar surface area (TPSA) is 72.0 Å². The van der Waals surface area contributed by atoms with Crippen molar-refractivity contribution in [3.63, 3.8) is 0 Å². The van der Waals surface area contributed by atoms with Gasteiger partial charge in [0, 0.05) is 18.7 Å². The van der Waals surface area contributed by atoms with E-state index < -0.39 is 23.1 Å². The molecule has 0 saturated carbocycles. The second-order valence-electron chi connectivity index (χ2n) is 3.87. The van der Waals surface area contributed by atoms with Crippen molar-refractivity contribution < 1.29 is 17.9 Å². The Morgan fingerprint density at radius 3 is 2.48 bits per heavy atom. The van der Waals surface area contributed by atoms with Crippen molar-refractivity contribution in [3.05, 3.63) is 29.6 Å². The number of anilines is 3. The van der Waals surface area contributed by atoms with Crippen LogP contribution in [0.4, 0.5) is 30.8 Å². The molecule has 0 aliphatic heterocycles. The normalized spacial score (nSPS) is 10.3. The van der Waals surface area contributed by atoms with Gasteiger partial charge in [0.05, 0.1) is 12.8 Å². The van der Waals surface area contributed by atoms with Gasteiger partial charge >= 0.3 is 6.01 Å². The summed E-state index contributed by atoms with van der Waals surface area (Å²) >= 11 is 0. The molecule has 0 bridgehead atoms. The molecule has 1 aromatic carbocycles. The predicted octanol–water partition coefficient (Wildman–Crippen LogP) is 2.47. The van der Waals surface area contributed by atoms with Gasteiger partial charge in [-0.25, -0.2) is 13.2 Å². The van der Waals surface area contributed by atoms with Gasteiger partial charge in [-0.05, 0) is 6.92 Å². The fourth-order valence-electron chi connectivity index (χ4n) is 1.51. The molecule has 0 radical (unpaired) electrons. The molecule has 0 fully saturated rings. The van der Waals surface area contributed by atoms with Gasteiger partial charge in [-0.2, -0.15) is 15.0 Å². The number of halogens is 3. The highest BCUT2D eigenvalue weighted by Gasteiger charge is 2.14. The molecule has 0 amide bonds. The smallest absolute Gasteiger partial charge is 0.322 e. The lowest BCUT2D eigenvalue weighted by Gasteiger charge is -2.09. The number of benzene rings is 1. The molecule has 0 aliphatic rings. The number of nitrogens with zero attached hydrogens (tertiary/aromatic N) is 3. The first-order chi connectivity index (χ1) is 10.0. The molecule has 112 valence electrons. The van der Waals surface area contributed by atoms with Gasteiger partial charge in [0.2, 0.25) is 11.9 Å². The van der Waals surface area contributed by atoms with E-state index in [0.717, 1.165) is 6.07 Å². The maximum atomic E-state index is 13.6. The van der Waals surface area contributed by atoms with Crippen LogP contribution >= 0.6 is 0 Å². The van der Waals surface area contributed by atoms with E-state index in [1.807, 2.05) is 6.92 Å². The number of aromatic nitrogens is 3. The summed E-state index contributed by atoms with van der Waals surface area (Å²) in [5, 5.41) is 5.21. The van der Waals surface area contributed by atoms with Crippen LogP contribution < -0.4 is 15.4 Å². The van der Waals surface area contributed by atoms with E-state index in [9.17, 15) is 13.2 Å². The fraction of sp³-hybridized carbons (Fsp3) is 0.250. The lowest BCUT2D eigenvalue weighted by atomic mass is 10.3. The molecule has 21 heavy (non-hydrogen) atoms. The summed E-state index contributed by atoms with van der Waals surface area (Å²) in [5.74, 6) is -3.40. The summed E-state index contributed by atoms with van der Waals surface area (Å²) in [6, 6.07) is 1.21. The number of methoxy groups -OCH3 is 1. The molecule has 0 unspecified atom stereocenters. The van der Waals surface area contributed by atoms with Crippen molar-refractivity contribution >= 4 is 17.6 Å². The first-order valence-corrected chi connectivity index (χ1v) is 5.99. The van der Waals surface area contributed by atoms with Gasteiger partial charge in [-0.1, -0.05) is 0 Å². The standard InChI is InChI=1S/C12H12F3N5O/c1-3-16-10-18-11(20-12(19-10)21-2)17-8-5-6(13)4-7(14)9(8)15/h4-5H,3H2,1-2H3,(H2,16,17,18,19,20). The number of nitrogens with one attached hydrogen (secondary N) is 2. The molecule has 0 aliphatic carbocycles. The van der Waals surface area contributed by atoms with Crippen molar-refractivity contribution in [2.24, 2.45) is 0 Å². The quantitative estimate of drug-likeness (QED) is 0.826. The lowest BCUT2D eigenvalue weighted by molar-refractivity contribution is 0.379. The third-order valence-corrected chi connectivity index (χ3v) is 2.37. The Balaban J connectivity index is 2.37. The Hall–Kier alpha value is -2.58. The Morgan fingerprint density at radius 1 is 1.10 bits per heavy atom. The van der Waals surface area contributed by atoms with Crippen molar-refractivity contribution in [2.45, 2.75) is 6.92 Å². The minimum absolute atomic E-state index is 0.0271. The van der Waals surface area contributed by atoms with Crippen LogP contribution in [-0.2, 0) is 0 Å². The minimum Gasteiger partial charge on any atom is -0.467 e. The molecule has 0 spiro atoms. The monoisotopic (exact) mass is 299 g/mol. The van der Waals surface area contributed by atoms with E-state index in [4.69, 9.17) is 4.74 Å². The Morgan fingerprint density at radius 2 is 1.81 bits per heavy atom. The second kappa shape index (κ2) is 6.25. The molecule has 2 N–H and O–H groups in total. The lowest BCUT2D eigenvalue weighted by Crippen LogP contribution is -2.08. The zero-order chi connectivity index (χ0) is 15.4. The van der Waals surface area contributed by atoms with E-state index in [1.54, 1.807) is 0 Å². The first kappa shape index (κ1) is 14.8. The average molecular weight is 299 g/mol. The van der Waals surface area contributed by atoms with E-state index >= 15 is 0 Å². The van der Waals surface area contributed by atoms with Crippen LogP contribution in [0, 0.1) is 17.5 Å². The SMILES string of the molecule is CCNc1nc(Nc2cc(F)cc(F)c2F)nc(OC)n1. The van der Waals surface area contributed by atoms with Crippen LogP contribution in [-0.4, -0.2) is 28.6 Å². The molecule has 6 nitrogen and oxygen atoms in total. The highest BCUT2D eigenvalue weighted by atomic mass is 19.2. The zero-order valence-corrected chi connectivity index (χ0v) is 11.2. The number of hydrogen-bond donors (Lipinski definition) is 2. The molecule has 1 aromatic heterocycles. The van der Waals surface area contributed by atoms with Gasteiger partial charge in [0.25, 0.3) is 0 Å². The van der Waals surface area contributed by atoms with Gasteiger partial charge in [0.1, 0.15) is 5.82 Å². The second-order valence-corrected chi connectivity index (χ2v) is 3.87. The molecule has 1 heterocycles. The van der Waals surface area contributed by atoms with Crippen LogP contribution in [0.3, 0.4) is 0 Å². The summed E-state index contributed by atoms with van der Waals surface area (Å²) in [4.78, 5) is 11.7. The highest BCUT2D eigenvalue weighted by Crippen LogP contribution is 2.22. The number of rotatable bonds is 5. The molecule has 2 aromatic rings. The Kier molecular flexibility index (Phi) is 4.41. The van der Waals surface area contributed by atoms with E-state index in [-0.39, 0.29) is 17.9 Å². The first-order valence-electron chi connectivity index (χ1n) is 5.99. The van der Waals surface area contributed by atoms with Crippen LogP contribution in [0.1, 0.15) is 6.92 Å². The van der Waals surface area contributed by atoms with Crippen LogP contribution in [0.5, 0.6) is 6.01 Å². The summed E-state index contributed by atoms with van der Waals surface area (Å²) in [7, 11) is 1.34. The van der Waals surface area contributed by atoms with Gasteiger partial charge in [-0.15, -0.1) is 0 Å². The van der Waals surface area contributed by atoms with E-state index in [2.05, 4.69) is 25.6 Å². The van der Waals surface area contributed by atoms with Crippen molar-refractivity contribution in [1.29, 1.82) is 0 Å². The molecule has 0 saturated heterocycles. The van der Waals surface area contributed by atoms with Crippen molar-refractivity contribution in [2.75, 3.05) is 24.3 Å². The molecule has 9 heteroatoms. The fourth-order valence-corrected chi connectivity index (χ4v) is 1.51. The predicted molar refractivity (Wildman–Crippen MR) is 70.1 cm³/mol. The molecule has 0 atom stereocenters. The largest absolute Gasteiger partial charge is 0.467 e. The average Bonchev–Trinajstić information content (AvgIpc) is 2.44. The van der Waals surface area contributed by atoms with Crippen LogP contribution in [0.15, 0.2) is 12.1 Å². The molecular formula is C12H12F3N5O. The van der Waals surface area contributed by atoms with E-state index in [1.165, 1.54) is 7.11 Å². The number of ether oxygens (including phenoxy) is 1. The third-order valence-electron chi connectivity index (χ3n) is 2.37. The van der Waals surface area contributed by atoms with E-state index in [0.29, 0.717) is 12.6 Å². The summed E-state index contributed by atoms with van der Waals surface area (Å²) in [6.07, 6.45) is 0. The molecule has 2 rings (SSSR count). The maximum Gasteiger partial charge on any atom is 0.322 e. The zero-order valence-electron chi connectivity index (χ0n) is 11.2. The Bertz CT molecular complexity index is 653. The van der Waals surface area contributed by atoms with Gasteiger partial charge in [0.15, 0.2) is 11.6 Å². The van der Waals surface area contributed by atoms with Crippen LogP contribution in [0.25, 0.3) is 0 Å². The van der Waals surface area contributed by atoms with Crippen LogP contribution in [0.2, 0.25) is 0 Å². The Labute approximate surface area is 118 Å². The molecular weight excluding hydrogens is 287 g/mol. The maximum absolute atomic E-state index is 13.6.